The Balaban J connectivity index is 1.98. The maximum Gasteiger partial charge on any atom is 0.260 e. The third kappa shape index (κ3) is 4.24. The van der Waals surface area contributed by atoms with Crippen LogP contribution in [-0.2, 0) is 11.2 Å². The first-order chi connectivity index (χ1) is 9.06. The quantitative estimate of drug-likeness (QED) is 0.819. The number of carbonyl (C=O) groups is 1. The lowest BCUT2D eigenvalue weighted by atomic mass is 10.1. The molecule has 0 aromatic heterocycles. The maximum atomic E-state index is 11.9. The van der Waals surface area contributed by atoms with Gasteiger partial charge in [-0.2, -0.15) is 0 Å². The second-order valence-corrected chi connectivity index (χ2v) is 5.33. The van der Waals surface area contributed by atoms with Gasteiger partial charge in [-0.25, -0.2) is 0 Å². The molecule has 0 bridgehead atoms. The molecule has 1 amide bonds. The van der Waals surface area contributed by atoms with Crippen LogP contribution in [0.2, 0.25) is 0 Å². The molecule has 0 radical (unpaired) electrons. The second-order valence-electron chi connectivity index (χ2n) is 5.33. The van der Waals surface area contributed by atoms with Crippen LogP contribution in [0.4, 0.5) is 0 Å². The summed E-state index contributed by atoms with van der Waals surface area (Å²) in [6.45, 7) is 3.74. The molecule has 19 heavy (non-hydrogen) atoms. The van der Waals surface area contributed by atoms with Gasteiger partial charge in [0.2, 0.25) is 0 Å². The van der Waals surface area contributed by atoms with E-state index in [9.17, 15) is 4.79 Å². The van der Waals surface area contributed by atoms with E-state index in [0.29, 0.717) is 6.04 Å². The number of hydrogen-bond donors (Lipinski definition) is 2. The van der Waals surface area contributed by atoms with Crippen molar-refractivity contribution in [2.24, 2.45) is 5.73 Å². The van der Waals surface area contributed by atoms with Crippen molar-refractivity contribution in [1.29, 1.82) is 0 Å². The summed E-state index contributed by atoms with van der Waals surface area (Å²) in [5.74, 6) is 0.705. The Morgan fingerprint density at radius 1 is 1.42 bits per heavy atom. The fraction of sp³-hybridized carbons (Fsp3) is 0.533. The highest BCUT2D eigenvalue weighted by Crippen LogP contribution is 2.22. The molecule has 104 valence electrons. The number of nitrogens with two attached hydrogens (primary N) is 1. The number of para-hydroxylation sites is 1. The molecule has 0 spiro atoms. The van der Waals surface area contributed by atoms with Crippen LogP contribution in [0, 0.1) is 0 Å². The summed E-state index contributed by atoms with van der Waals surface area (Å²) in [5.41, 5.74) is 6.87. The molecule has 1 aliphatic carbocycles. The Bertz CT molecular complexity index is 442. The standard InChI is InChI=1S/C15H22N2O2/c1-10(16)9-12-5-3-4-6-14(12)19-11(2)15(18)17-13-7-8-13/h3-6,10-11,13H,7-9,16H2,1-2H3,(H,17,18). The molecule has 0 aliphatic heterocycles. The van der Waals surface area contributed by atoms with Crippen molar-refractivity contribution in [3.63, 3.8) is 0 Å². The number of carbonyl (C=O) groups excluding carboxylic acids is 1. The van der Waals surface area contributed by atoms with E-state index in [1.54, 1.807) is 6.92 Å². The van der Waals surface area contributed by atoms with Gasteiger partial charge in [0.25, 0.3) is 5.91 Å². The second kappa shape index (κ2) is 6.06. The van der Waals surface area contributed by atoms with Gasteiger partial charge in [-0.05, 0) is 44.7 Å². The first kappa shape index (κ1) is 13.9. The van der Waals surface area contributed by atoms with Gasteiger partial charge < -0.3 is 15.8 Å². The Kier molecular flexibility index (Phi) is 4.43. The number of benzene rings is 1. The van der Waals surface area contributed by atoms with Crippen LogP contribution in [0.5, 0.6) is 5.75 Å². The summed E-state index contributed by atoms with van der Waals surface area (Å²) in [7, 11) is 0. The van der Waals surface area contributed by atoms with E-state index >= 15 is 0 Å². The first-order valence-electron chi connectivity index (χ1n) is 6.86. The van der Waals surface area contributed by atoms with Gasteiger partial charge in [-0.3, -0.25) is 4.79 Å². The van der Waals surface area contributed by atoms with Crippen LogP contribution in [-0.4, -0.2) is 24.1 Å². The average Bonchev–Trinajstić information content (AvgIpc) is 3.14. The van der Waals surface area contributed by atoms with Gasteiger partial charge in [0.05, 0.1) is 0 Å². The highest BCUT2D eigenvalue weighted by molar-refractivity contribution is 5.81. The van der Waals surface area contributed by atoms with Gasteiger partial charge >= 0.3 is 0 Å². The zero-order valence-corrected chi connectivity index (χ0v) is 11.6. The summed E-state index contributed by atoms with van der Waals surface area (Å²) in [6, 6.07) is 8.17. The highest BCUT2D eigenvalue weighted by Gasteiger charge is 2.26. The molecule has 4 heteroatoms. The number of nitrogens with one attached hydrogen (secondary N) is 1. The number of ether oxygens (including phenoxy) is 1. The van der Waals surface area contributed by atoms with Crippen LogP contribution in [0.3, 0.4) is 0 Å². The van der Waals surface area contributed by atoms with Crippen molar-refractivity contribution in [3.8, 4) is 5.75 Å². The van der Waals surface area contributed by atoms with Crippen molar-refractivity contribution in [2.45, 2.75) is 51.3 Å². The number of rotatable bonds is 6. The zero-order chi connectivity index (χ0) is 13.8. The van der Waals surface area contributed by atoms with E-state index in [0.717, 1.165) is 30.6 Å². The van der Waals surface area contributed by atoms with Gasteiger partial charge in [0.15, 0.2) is 6.10 Å². The minimum absolute atomic E-state index is 0.0434. The normalized spacial score (nSPS) is 17.6. The molecular formula is C15H22N2O2. The van der Waals surface area contributed by atoms with E-state index in [4.69, 9.17) is 10.5 Å². The molecule has 1 fully saturated rings. The Morgan fingerprint density at radius 3 is 2.74 bits per heavy atom. The number of amides is 1. The summed E-state index contributed by atoms with van der Waals surface area (Å²) < 4.78 is 5.77. The lowest BCUT2D eigenvalue weighted by Crippen LogP contribution is -2.37. The topological polar surface area (TPSA) is 64.3 Å². The van der Waals surface area contributed by atoms with Gasteiger partial charge in [0.1, 0.15) is 5.75 Å². The van der Waals surface area contributed by atoms with Crippen LogP contribution in [0.25, 0.3) is 0 Å². The fourth-order valence-corrected chi connectivity index (χ4v) is 1.92. The van der Waals surface area contributed by atoms with Crippen LogP contribution < -0.4 is 15.8 Å². The molecule has 0 heterocycles. The van der Waals surface area contributed by atoms with Gasteiger partial charge in [-0.1, -0.05) is 18.2 Å². The third-order valence-electron chi connectivity index (χ3n) is 3.11. The molecule has 1 saturated carbocycles. The summed E-state index contributed by atoms with van der Waals surface area (Å²) in [6.07, 6.45) is 2.43. The molecule has 1 aromatic rings. The minimum atomic E-state index is -0.477. The monoisotopic (exact) mass is 262 g/mol. The smallest absolute Gasteiger partial charge is 0.260 e. The predicted molar refractivity (Wildman–Crippen MR) is 75.1 cm³/mol. The fourth-order valence-electron chi connectivity index (χ4n) is 1.92. The minimum Gasteiger partial charge on any atom is -0.481 e. The molecule has 1 aliphatic rings. The Hall–Kier alpha value is -1.55. The van der Waals surface area contributed by atoms with Crippen molar-refractivity contribution < 1.29 is 9.53 Å². The van der Waals surface area contributed by atoms with E-state index in [-0.39, 0.29) is 11.9 Å². The molecular weight excluding hydrogens is 240 g/mol. The number of hydrogen-bond acceptors (Lipinski definition) is 3. The Morgan fingerprint density at radius 2 is 2.11 bits per heavy atom. The highest BCUT2D eigenvalue weighted by atomic mass is 16.5. The molecule has 4 nitrogen and oxygen atoms in total. The van der Waals surface area contributed by atoms with Crippen molar-refractivity contribution >= 4 is 5.91 Å². The lowest BCUT2D eigenvalue weighted by Gasteiger charge is -2.18. The van der Waals surface area contributed by atoms with Crippen molar-refractivity contribution in [1.82, 2.24) is 5.32 Å². The largest absolute Gasteiger partial charge is 0.481 e. The van der Waals surface area contributed by atoms with E-state index in [1.165, 1.54) is 0 Å². The van der Waals surface area contributed by atoms with Crippen molar-refractivity contribution in [2.75, 3.05) is 0 Å². The summed E-state index contributed by atoms with van der Waals surface area (Å²) >= 11 is 0. The van der Waals surface area contributed by atoms with Gasteiger partial charge in [-0.15, -0.1) is 0 Å². The SMILES string of the molecule is CC(N)Cc1ccccc1OC(C)C(=O)NC1CC1. The maximum absolute atomic E-state index is 11.9. The van der Waals surface area contributed by atoms with E-state index in [1.807, 2.05) is 31.2 Å². The summed E-state index contributed by atoms with van der Waals surface area (Å²) in [4.78, 5) is 11.9. The molecule has 2 rings (SSSR count). The van der Waals surface area contributed by atoms with Gasteiger partial charge in [0, 0.05) is 12.1 Å². The molecule has 2 unspecified atom stereocenters. The zero-order valence-electron chi connectivity index (χ0n) is 11.6. The van der Waals surface area contributed by atoms with E-state index < -0.39 is 6.10 Å². The lowest BCUT2D eigenvalue weighted by molar-refractivity contribution is -0.127. The van der Waals surface area contributed by atoms with Crippen LogP contribution >= 0.6 is 0 Å². The van der Waals surface area contributed by atoms with Crippen molar-refractivity contribution in [3.05, 3.63) is 29.8 Å². The third-order valence-corrected chi connectivity index (χ3v) is 3.11. The molecule has 2 atom stereocenters. The predicted octanol–water partition coefficient (Wildman–Crippen LogP) is 1.62. The molecule has 1 aromatic carbocycles. The Labute approximate surface area is 114 Å². The molecule has 0 saturated heterocycles. The van der Waals surface area contributed by atoms with Crippen LogP contribution in [0.1, 0.15) is 32.3 Å². The summed E-state index contributed by atoms with van der Waals surface area (Å²) in [5, 5.41) is 2.95. The van der Waals surface area contributed by atoms with E-state index in [2.05, 4.69) is 5.32 Å². The van der Waals surface area contributed by atoms with Crippen LogP contribution in [0.15, 0.2) is 24.3 Å². The first-order valence-corrected chi connectivity index (χ1v) is 6.86. The molecule has 3 N–H and O–H groups in total. The average molecular weight is 262 g/mol.